The van der Waals surface area contributed by atoms with E-state index in [4.69, 9.17) is 19.6 Å². The fourth-order valence-electron chi connectivity index (χ4n) is 6.52. The molecule has 13 nitrogen and oxygen atoms in total. The summed E-state index contributed by atoms with van der Waals surface area (Å²) in [6, 6.07) is 9.09. The summed E-state index contributed by atoms with van der Waals surface area (Å²) < 4.78 is 14.2. The number of piperidine rings is 1. The van der Waals surface area contributed by atoms with Crippen molar-refractivity contribution in [3.05, 3.63) is 52.1 Å². The Balaban J connectivity index is 1.34. The van der Waals surface area contributed by atoms with E-state index in [1.165, 1.54) is 4.68 Å². The average molecular weight is 655 g/mol. The fraction of sp³-hybridized carbons (Fsp3) is 0.514. The number of nitrogens with zero attached hydrogens (tertiary/aromatic N) is 7. The van der Waals surface area contributed by atoms with Crippen molar-refractivity contribution in [3.63, 3.8) is 0 Å². The summed E-state index contributed by atoms with van der Waals surface area (Å²) in [6.07, 6.45) is 5.75. The number of nitriles is 1. The highest BCUT2D eigenvalue weighted by molar-refractivity contribution is 5.92. The number of carbonyl (C=O) groups is 2. The monoisotopic (exact) mass is 654 g/mol. The van der Waals surface area contributed by atoms with E-state index in [1.807, 2.05) is 65.8 Å². The van der Waals surface area contributed by atoms with E-state index in [9.17, 15) is 19.6 Å². The highest BCUT2D eigenvalue weighted by Crippen LogP contribution is 2.35. The van der Waals surface area contributed by atoms with Crippen molar-refractivity contribution in [2.75, 3.05) is 18.4 Å². The molecular weight excluding hydrogens is 612 g/mol. The fourth-order valence-corrected chi connectivity index (χ4v) is 6.52. The van der Waals surface area contributed by atoms with Crippen LogP contribution in [0.5, 0.6) is 0 Å². The van der Waals surface area contributed by atoms with Gasteiger partial charge in [0.2, 0.25) is 5.95 Å². The van der Waals surface area contributed by atoms with Crippen molar-refractivity contribution in [3.8, 4) is 6.07 Å². The van der Waals surface area contributed by atoms with Gasteiger partial charge in [0.25, 0.3) is 5.56 Å². The van der Waals surface area contributed by atoms with Gasteiger partial charge in [0.1, 0.15) is 28.5 Å². The zero-order valence-corrected chi connectivity index (χ0v) is 28.4. The number of ether oxygens (including phenoxy) is 2. The Morgan fingerprint density at radius 2 is 1.62 bits per heavy atom. The molecule has 2 fully saturated rings. The lowest BCUT2D eigenvalue weighted by atomic mass is 9.91. The Morgan fingerprint density at radius 3 is 2.27 bits per heavy atom. The van der Waals surface area contributed by atoms with E-state index in [0.29, 0.717) is 54.1 Å². The number of hydrogen-bond donors (Lipinski definition) is 1. The molecule has 1 amide bonds. The number of rotatable bonds is 4. The maximum absolute atomic E-state index is 13.3. The molecule has 1 saturated carbocycles. The summed E-state index contributed by atoms with van der Waals surface area (Å²) in [5.41, 5.74) is 0.940. The number of pyridine rings is 1. The molecular formula is C35H42N8O5. The number of aromatic nitrogens is 5. The van der Waals surface area contributed by atoms with Crippen LogP contribution in [0.3, 0.4) is 0 Å². The van der Waals surface area contributed by atoms with Gasteiger partial charge >= 0.3 is 12.2 Å². The van der Waals surface area contributed by atoms with Gasteiger partial charge in [-0.3, -0.25) is 9.36 Å². The van der Waals surface area contributed by atoms with Crippen molar-refractivity contribution in [1.82, 2.24) is 29.2 Å². The SMILES string of the molecule is CC(C)(C)OC(=O)N1CCC(c2nn(C(=O)OC(C)(C)C)c3ccc(Nc4ncc5cc(C#N)c(=O)n(C6CCCC6)c5n4)cc23)CC1. The molecule has 13 heteroatoms. The van der Waals surface area contributed by atoms with E-state index in [2.05, 4.69) is 10.3 Å². The van der Waals surface area contributed by atoms with E-state index < -0.39 is 17.3 Å². The van der Waals surface area contributed by atoms with Gasteiger partial charge in [0, 0.05) is 47.7 Å². The van der Waals surface area contributed by atoms with Crippen molar-refractivity contribution in [2.24, 2.45) is 0 Å². The molecule has 252 valence electrons. The topological polar surface area (TPSA) is 157 Å². The molecule has 4 aromatic rings. The van der Waals surface area contributed by atoms with Crippen molar-refractivity contribution in [1.29, 1.82) is 5.26 Å². The van der Waals surface area contributed by atoms with E-state index in [-0.39, 0.29) is 29.2 Å². The molecule has 1 aliphatic carbocycles. The van der Waals surface area contributed by atoms with Crippen LogP contribution in [-0.4, -0.2) is 65.7 Å². The molecule has 0 unspecified atom stereocenters. The Kier molecular flexibility index (Phi) is 8.62. The standard InChI is InChI=1S/C35H42N8O5/c1-34(2,3)47-32(45)41-15-13-21(14-16-41)28-26-18-24(11-12-27(26)43(40-28)33(46)48-35(4,5)6)38-31-37-20-23-17-22(19-36)30(44)42(29(23)39-31)25-9-7-8-10-25/h11-12,17-18,20-21,25H,7-10,13-16H2,1-6H3,(H,37,38,39). The number of nitrogens with one attached hydrogen (secondary N) is 1. The number of fused-ring (bicyclic) bond motifs is 2. The first-order valence-corrected chi connectivity index (χ1v) is 16.5. The highest BCUT2D eigenvalue weighted by Gasteiger charge is 2.31. The van der Waals surface area contributed by atoms with Gasteiger partial charge in [-0.1, -0.05) is 12.8 Å². The zero-order chi connectivity index (χ0) is 34.4. The minimum absolute atomic E-state index is 0.0165. The third-order valence-electron chi connectivity index (χ3n) is 8.65. The minimum atomic E-state index is -0.712. The van der Waals surface area contributed by atoms with Crippen LogP contribution in [0, 0.1) is 11.3 Å². The summed E-state index contributed by atoms with van der Waals surface area (Å²) in [5, 5.41) is 19.0. The van der Waals surface area contributed by atoms with Gasteiger partial charge in [-0.25, -0.2) is 14.6 Å². The Bertz CT molecular complexity index is 1980. The number of hydrogen-bond acceptors (Lipinski definition) is 10. The molecule has 1 aliphatic heterocycles. The summed E-state index contributed by atoms with van der Waals surface area (Å²) in [5.74, 6) is 0.279. The van der Waals surface area contributed by atoms with Crippen LogP contribution in [0.25, 0.3) is 21.9 Å². The Labute approximate surface area is 278 Å². The summed E-state index contributed by atoms with van der Waals surface area (Å²) in [7, 11) is 0. The van der Waals surface area contributed by atoms with E-state index in [1.54, 1.807) is 21.7 Å². The number of carbonyl (C=O) groups excluding carboxylic acids is 2. The number of likely N-dealkylation sites (tertiary alicyclic amines) is 1. The van der Waals surface area contributed by atoms with Gasteiger partial charge in [0.05, 0.1) is 11.2 Å². The quantitative estimate of drug-likeness (QED) is 0.249. The van der Waals surface area contributed by atoms with Crippen LogP contribution in [0.1, 0.15) is 103 Å². The number of benzene rings is 1. The second-order valence-electron chi connectivity index (χ2n) is 14.6. The number of anilines is 2. The third-order valence-corrected chi connectivity index (χ3v) is 8.65. The van der Waals surface area contributed by atoms with Crippen LogP contribution in [0.4, 0.5) is 21.2 Å². The maximum atomic E-state index is 13.3. The van der Waals surface area contributed by atoms with Crippen LogP contribution >= 0.6 is 0 Å². The maximum Gasteiger partial charge on any atom is 0.435 e. The van der Waals surface area contributed by atoms with Gasteiger partial charge in [-0.2, -0.15) is 20.0 Å². The van der Waals surface area contributed by atoms with Crippen molar-refractivity contribution < 1.29 is 19.1 Å². The zero-order valence-electron chi connectivity index (χ0n) is 28.4. The first-order chi connectivity index (χ1) is 22.7. The third kappa shape index (κ3) is 6.83. The molecule has 2 aliphatic rings. The Hall–Kier alpha value is -4.99. The summed E-state index contributed by atoms with van der Waals surface area (Å²) in [4.78, 5) is 50.2. The molecule has 1 aromatic carbocycles. The lowest BCUT2D eigenvalue weighted by Gasteiger charge is -2.33. The largest absolute Gasteiger partial charge is 0.444 e. The van der Waals surface area contributed by atoms with E-state index in [0.717, 1.165) is 36.8 Å². The van der Waals surface area contributed by atoms with Crippen LogP contribution in [-0.2, 0) is 9.47 Å². The molecule has 1 N–H and O–H groups in total. The molecule has 0 atom stereocenters. The first-order valence-electron chi connectivity index (χ1n) is 16.5. The molecule has 0 bridgehead atoms. The van der Waals surface area contributed by atoms with Crippen LogP contribution in [0.15, 0.2) is 35.3 Å². The van der Waals surface area contributed by atoms with Gasteiger partial charge in [-0.05, 0) is 91.5 Å². The minimum Gasteiger partial charge on any atom is -0.444 e. The van der Waals surface area contributed by atoms with Gasteiger partial charge in [0.15, 0.2) is 0 Å². The second kappa shape index (κ2) is 12.6. The second-order valence-corrected chi connectivity index (χ2v) is 14.6. The molecule has 0 spiro atoms. The molecule has 3 aromatic heterocycles. The first kappa shape index (κ1) is 32.9. The summed E-state index contributed by atoms with van der Waals surface area (Å²) in [6.45, 7) is 12.0. The summed E-state index contributed by atoms with van der Waals surface area (Å²) >= 11 is 0. The highest BCUT2D eigenvalue weighted by atomic mass is 16.6. The molecule has 4 heterocycles. The number of amides is 1. The molecule has 1 saturated heterocycles. The molecule has 0 radical (unpaired) electrons. The predicted molar refractivity (Wildman–Crippen MR) is 180 cm³/mol. The molecule has 48 heavy (non-hydrogen) atoms. The van der Waals surface area contributed by atoms with Crippen molar-refractivity contribution in [2.45, 2.75) is 103 Å². The van der Waals surface area contributed by atoms with Crippen LogP contribution < -0.4 is 10.9 Å². The van der Waals surface area contributed by atoms with E-state index >= 15 is 0 Å². The molecule has 6 rings (SSSR count). The average Bonchev–Trinajstić information content (AvgIpc) is 3.68. The van der Waals surface area contributed by atoms with Gasteiger partial charge in [-0.15, -0.1) is 0 Å². The lowest BCUT2D eigenvalue weighted by molar-refractivity contribution is 0.0204. The lowest BCUT2D eigenvalue weighted by Crippen LogP contribution is -2.41. The Morgan fingerprint density at radius 1 is 0.958 bits per heavy atom. The normalized spacial score (nSPS) is 16.3. The van der Waals surface area contributed by atoms with Crippen LogP contribution in [0.2, 0.25) is 0 Å². The van der Waals surface area contributed by atoms with Crippen molar-refractivity contribution >= 4 is 45.8 Å². The van der Waals surface area contributed by atoms with Gasteiger partial charge < -0.3 is 19.7 Å². The smallest absolute Gasteiger partial charge is 0.435 e. The predicted octanol–water partition coefficient (Wildman–Crippen LogP) is 6.77.